The molecule has 0 radical (unpaired) electrons. The molecule has 1 fully saturated rings. The number of carbonyl (C=O) groups excluding carboxylic acids is 1. The third-order valence-electron chi connectivity index (χ3n) is 3.60. The first kappa shape index (κ1) is 12.8. The number of aryl methyl sites for hydroxylation is 1. The fourth-order valence-corrected chi connectivity index (χ4v) is 2.19. The van der Waals surface area contributed by atoms with Gasteiger partial charge in [-0.15, -0.1) is 0 Å². The molecule has 0 saturated heterocycles. The van der Waals surface area contributed by atoms with E-state index in [0.717, 1.165) is 5.56 Å². The fraction of sp³-hybridized carbons (Fsp3) is 0.357. The Labute approximate surface area is 114 Å². The zero-order valence-corrected chi connectivity index (χ0v) is 11.1. The predicted molar refractivity (Wildman–Crippen MR) is 67.4 cm³/mol. The van der Waals surface area contributed by atoms with Crippen molar-refractivity contribution in [2.45, 2.75) is 25.2 Å². The Morgan fingerprint density at radius 1 is 1.45 bits per heavy atom. The van der Waals surface area contributed by atoms with Gasteiger partial charge in [0.25, 0.3) is 0 Å². The van der Waals surface area contributed by atoms with Gasteiger partial charge in [0.15, 0.2) is 0 Å². The Morgan fingerprint density at radius 3 is 2.85 bits per heavy atom. The number of nitrogens with zero attached hydrogens (tertiary/aromatic N) is 2. The molecule has 1 saturated carbocycles. The number of methoxy groups -OCH3 is 1. The van der Waals surface area contributed by atoms with Crippen LogP contribution < -0.4 is 0 Å². The van der Waals surface area contributed by atoms with Crippen molar-refractivity contribution in [1.29, 1.82) is 0 Å². The van der Waals surface area contributed by atoms with E-state index in [2.05, 4.69) is 10.1 Å². The molecule has 1 aliphatic carbocycles. The van der Waals surface area contributed by atoms with Crippen molar-refractivity contribution in [3.8, 4) is 11.4 Å². The lowest BCUT2D eigenvalue weighted by Crippen LogP contribution is -2.22. The molecule has 0 aliphatic heterocycles. The highest BCUT2D eigenvalue weighted by Gasteiger charge is 2.57. The first-order valence-electron chi connectivity index (χ1n) is 6.26. The maximum Gasteiger partial charge on any atom is 0.321 e. The molecule has 0 unspecified atom stereocenters. The van der Waals surface area contributed by atoms with Crippen LogP contribution in [0.25, 0.3) is 11.4 Å². The summed E-state index contributed by atoms with van der Waals surface area (Å²) < 4.78 is 23.3. The Morgan fingerprint density at radius 2 is 2.20 bits per heavy atom. The number of benzene rings is 1. The normalized spacial score (nSPS) is 15.9. The average Bonchev–Trinajstić information content (AvgIpc) is 3.11. The van der Waals surface area contributed by atoms with E-state index in [1.54, 1.807) is 6.07 Å². The highest BCUT2D eigenvalue weighted by atomic mass is 19.1. The Hall–Kier alpha value is -2.24. The van der Waals surface area contributed by atoms with Gasteiger partial charge in [0.1, 0.15) is 11.2 Å². The van der Waals surface area contributed by atoms with Crippen molar-refractivity contribution in [3.05, 3.63) is 35.5 Å². The van der Waals surface area contributed by atoms with Crippen LogP contribution in [-0.4, -0.2) is 23.2 Å². The maximum atomic E-state index is 13.3. The van der Waals surface area contributed by atoms with E-state index in [1.165, 1.54) is 19.2 Å². The smallest absolute Gasteiger partial charge is 0.321 e. The summed E-state index contributed by atoms with van der Waals surface area (Å²) in [6, 6.07) is 4.37. The molecule has 0 bridgehead atoms. The van der Waals surface area contributed by atoms with Gasteiger partial charge in [-0.05, 0) is 37.5 Å². The molecular weight excluding hydrogens is 263 g/mol. The molecule has 1 aromatic heterocycles. The second-order valence-corrected chi connectivity index (χ2v) is 4.96. The van der Waals surface area contributed by atoms with Crippen LogP contribution in [0.2, 0.25) is 0 Å². The van der Waals surface area contributed by atoms with Crippen LogP contribution in [0.1, 0.15) is 24.3 Å². The van der Waals surface area contributed by atoms with Gasteiger partial charge in [-0.25, -0.2) is 4.39 Å². The first-order valence-corrected chi connectivity index (χ1v) is 6.26. The van der Waals surface area contributed by atoms with Crippen molar-refractivity contribution in [1.82, 2.24) is 10.1 Å². The topological polar surface area (TPSA) is 65.2 Å². The minimum absolute atomic E-state index is 0.239. The number of ether oxygens (including phenoxy) is 1. The van der Waals surface area contributed by atoms with E-state index >= 15 is 0 Å². The molecule has 1 aliphatic rings. The lowest BCUT2D eigenvalue weighted by atomic mass is 10.1. The summed E-state index contributed by atoms with van der Waals surface area (Å²) in [5, 5.41) is 3.85. The summed E-state index contributed by atoms with van der Waals surface area (Å²) in [6.07, 6.45) is 1.26. The SMILES string of the molecule is COC(=O)C1(c2nc(-c3cc(F)ccc3C)no2)CC1. The largest absolute Gasteiger partial charge is 0.468 e. The summed E-state index contributed by atoms with van der Waals surface area (Å²) in [4.78, 5) is 16.0. The lowest BCUT2D eigenvalue weighted by Gasteiger charge is -2.05. The van der Waals surface area contributed by atoms with Crippen LogP contribution in [0.4, 0.5) is 4.39 Å². The Bertz CT molecular complexity index is 677. The predicted octanol–water partition coefficient (Wildman–Crippen LogP) is 2.39. The minimum atomic E-state index is -0.804. The molecule has 6 heteroatoms. The summed E-state index contributed by atoms with van der Waals surface area (Å²) in [6.45, 7) is 1.83. The molecule has 2 aromatic rings. The third kappa shape index (κ3) is 1.88. The number of aromatic nitrogens is 2. The van der Waals surface area contributed by atoms with Crippen LogP contribution >= 0.6 is 0 Å². The highest BCUT2D eigenvalue weighted by molar-refractivity contribution is 5.85. The number of esters is 1. The van der Waals surface area contributed by atoms with Crippen molar-refractivity contribution >= 4 is 5.97 Å². The summed E-state index contributed by atoms with van der Waals surface area (Å²) in [5.41, 5.74) is 0.587. The molecule has 104 valence electrons. The van der Waals surface area contributed by atoms with Gasteiger partial charge in [-0.2, -0.15) is 4.98 Å². The van der Waals surface area contributed by atoms with E-state index < -0.39 is 5.41 Å². The van der Waals surface area contributed by atoms with Gasteiger partial charge < -0.3 is 9.26 Å². The molecule has 0 atom stereocenters. The average molecular weight is 276 g/mol. The maximum absolute atomic E-state index is 13.3. The van der Waals surface area contributed by atoms with E-state index in [9.17, 15) is 9.18 Å². The molecule has 1 heterocycles. The van der Waals surface area contributed by atoms with Crippen LogP contribution in [0.15, 0.2) is 22.7 Å². The molecule has 3 rings (SSSR count). The molecule has 1 aromatic carbocycles. The van der Waals surface area contributed by atoms with Gasteiger partial charge >= 0.3 is 5.97 Å². The van der Waals surface area contributed by atoms with E-state index in [1.807, 2.05) is 6.92 Å². The van der Waals surface area contributed by atoms with Crippen LogP contribution in [0.3, 0.4) is 0 Å². The van der Waals surface area contributed by atoms with Gasteiger partial charge in [-0.3, -0.25) is 4.79 Å². The molecule has 0 spiro atoms. The van der Waals surface area contributed by atoms with Crippen molar-refractivity contribution in [2.24, 2.45) is 0 Å². The van der Waals surface area contributed by atoms with Crippen molar-refractivity contribution < 1.29 is 18.4 Å². The van der Waals surface area contributed by atoms with E-state index in [-0.39, 0.29) is 23.5 Å². The van der Waals surface area contributed by atoms with Crippen LogP contribution in [0, 0.1) is 12.7 Å². The second kappa shape index (κ2) is 4.40. The van der Waals surface area contributed by atoms with Crippen LogP contribution in [-0.2, 0) is 14.9 Å². The van der Waals surface area contributed by atoms with Crippen LogP contribution in [0.5, 0.6) is 0 Å². The molecule has 0 amide bonds. The first-order chi connectivity index (χ1) is 9.56. The number of hydrogen-bond donors (Lipinski definition) is 0. The number of halogens is 1. The molecule has 5 nitrogen and oxygen atoms in total. The summed E-state index contributed by atoms with van der Waals surface area (Å²) in [7, 11) is 1.33. The summed E-state index contributed by atoms with van der Waals surface area (Å²) >= 11 is 0. The number of hydrogen-bond acceptors (Lipinski definition) is 5. The third-order valence-corrected chi connectivity index (χ3v) is 3.60. The molecule has 20 heavy (non-hydrogen) atoms. The zero-order valence-electron chi connectivity index (χ0n) is 11.1. The van der Waals surface area contributed by atoms with Crippen molar-refractivity contribution in [3.63, 3.8) is 0 Å². The second-order valence-electron chi connectivity index (χ2n) is 4.96. The lowest BCUT2D eigenvalue weighted by molar-refractivity contribution is -0.144. The highest BCUT2D eigenvalue weighted by Crippen LogP contribution is 2.48. The van der Waals surface area contributed by atoms with E-state index in [0.29, 0.717) is 18.4 Å². The van der Waals surface area contributed by atoms with Gasteiger partial charge in [0.2, 0.25) is 11.7 Å². The Balaban J connectivity index is 1.99. The molecule has 0 N–H and O–H groups in total. The Kier molecular flexibility index (Phi) is 2.81. The summed E-state index contributed by atoms with van der Waals surface area (Å²) in [5.74, 6) is -0.218. The van der Waals surface area contributed by atoms with E-state index in [4.69, 9.17) is 9.26 Å². The quantitative estimate of drug-likeness (QED) is 0.805. The standard InChI is InChI=1S/C14H13FN2O3/c1-8-3-4-9(15)7-10(8)11-16-12(20-17-11)14(5-6-14)13(18)19-2/h3-4,7H,5-6H2,1-2H3. The van der Waals surface area contributed by atoms with Gasteiger partial charge in [0.05, 0.1) is 7.11 Å². The fourth-order valence-electron chi connectivity index (χ4n) is 2.19. The number of rotatable bonds is 3. The number of carbonyl (C=O) groups is 1. The zero-order chi connectivity index (χ0) is 14.3. The minimum Gasteiger partial charge on any atom is -0.468 e. The van der Waals surface area contributed by atoms with Gasteiger partial charge in [-0.1, -0.05) is 11.2 Å². The molecular formula is C14H13FN2O3. The van der Waals surface area contributed by atoms with Crippen molar-refractivity contribution in [2.75, 3.05) is 7.11 Å². The van der Waals surface area contributed by atoms with Gasteiger partial charge in [0, 0.05) is 5.56 Å². The monoisotopic (exact) mass is 276 g/mol.